The molecule has 0 aromatic heterocycles. The van der Waals surface area contributed by atoms with Gasteiger partial charge < -0.3 is 10.4 Å². The van der Waals surface area contributed by atoms with Gasteiger partial charge >= 0.3 is 6.03 Å². The standard InChI is InChI=1S/C12H24N2O3/c1-12(2,3)10(15)8-13-11(16)14-17-9-6-4-5-7-9/h9-10,15H,4-8H2,1-3H3,(H2,13,14,16). The Labute approximate surface area is 103 Å². The summed E-state index contributed by atoms with van der Waals surface area (Å²) in [4.78, 5) is 16.6. The van der Waals surface area contributed by atoms with Crippen molar-refractivity contribution in [2.45, 2.75) is 58.7 Å². The number of hydroxylamine groups is 1. The first-order valence-electron chi connectivity index (χ1n) is 6.27. The number of carbonyl (C=O) groups is 1. The Bertz CT molecular complexity index is 245. The first-order valence-corrected chi connectivity index (χ1v) is 6.27. The van der Waals surface area contributed by atoms with Crippen LogP contribution >= 0.6 is 0 Å². The molecule has 0 radical (unpaired) electrons. The summed E-state index contributed by atoms with van der Waals surface area (Å²) in [5.41, 5.74) is 2.13. The summed E-state index contributed by atoms with van der Waals surface area (Å²) in [7, 11) is 0. The quantitative estimate of drug-likeness (QED) is 0.657. The summed E-state index contributed by atoms with van der Waals surface area (Å²) in [6.45, 7) is 5.99. The highest BCUT2D eigenvalue weighted by Gasteiger charge is 2.22. The topological polar surface area (TPSA) is 70.6 Å². The fourth-order valence-corrected chi connectivity index (χ4v) is 1.67. The van der Waals surface area contributed by atoms with Crippen molar-refractivity contribution < 1.29 is 14.7 Å². The molecule has 1 aliphatic rings. The van der Waals surface area contributed by atoms with Gasteiger partial charge in [-0.3, -0.25) is 4.84 Å². The minimum Gasteiger partial charge on any atom is -0.391 e. The van der Waals surface area contributed by atoms with Crippen LogP contribution < -0.4 is 10.8 Å². The highest BCUT2D eigenvalue weighted by molar-refractivity contribution is 5.72. The SMILES string of the molecule is CC(C)(C)C(O)CNC(=O)NOC1CCCC1. The van der Waals surface area contributed by atoms with Crippen LogP contribution in [0.1, 0.15) is 46.5 Å². The van der Waals surface area contributed by atoms with E-state index in [1.165, 1.54) is 0 Å². The first-order chi connectivity index (χ1) is 7.89. The predicted molar refractivity (Wildman–Crippen MR) is 65.3 cm³/mol. The Kier molecular flexibility index (Phi) is 5.21. The number of urea groups is 1. The van der Waals surface area contributed by atoms with E-state index in [0.29, 0.717) is 0 Å². The minimum absolute atomic E-state index is 0.147. The van der Waals surface area contributed by atoms with Gasteiger partial charge in [-0.15, -0.1) is 0 Å². The molecule has 1 fully saturated rings. The molecule has 5 heteroatoms. The van der Waals surface area contributed by atoms with E-state index in [2.05, 4.69) is 10.8 Å². The van der Waals surface area contributed by atoms with Gasteiger partial charge in [0.15, 0.2) is 0 Å². The normalized spacial score (nSPS) is 19.1. The van der Waals surface area contributed by atoms with E-state index in [4.69, 9.17) is 4.84 Å². The average Bonchev–Trinajstić information content (AvgIpc) is 2.74. The molecule has 0 bridgehead atoms. The van der Waals surface area contributed by atoms with Crippen molar-refractivity contribution in [1.29, 1.82) is 0 Å². The number of aliphatic hydroxyl groups is 1. The zero-order valence-electron chi connectivity index (χ0n) is 11.0. The van der Waals surface area contributed by atoms with Crippen LogP contribution in [-0.4, -0.2) is 29.9 Å². The third kappa shape index (κ3) is 5.37. The third-order valence-electron chi connectivity index (χ3n) is 3.08. The van der Waals surface area contributed by atoms with E-state index in [-0.39, 0.29) is 24.1 Å². The van der Waals surface area contributed by atoms with E-state index in [1.807, 2.05) is 20.8 Å². The number of hydrogen-bond donors (Lipinski definition) is 3. The molecule has 5 nitrogen and oxygen atoms in total. The van der Waals surface area contributed by atoms with E-state index in [9.17, 15) is 9.90 Å². The van der Waals surface area contributed by atoms with Crippen LogP contribution in [0.25, 0.3) is 0 Å². The molecule has 0 saturated heterocycles. The van der Waals surface area contributed by atoms with E-state index < -0.39 is 6.10 Å². The van der Waals surface area contributed by atoms with Crippen molar-refractivity contribution in [3.05, 3.63) is 0 Å². The lowest BCUT2D eigenvalue weighted by Crippen LogP contribution is -2.44. The van der Waals surface area contributed by atoms with Crippen molar-refractivity contribution in [1.82, 2.24) is 10.8 Å². The van der Waals surface area contributed by atoms with Gasteiger partial charge in [0.1, 0.15) is 0 Å². The van der Waals surface area contributed by atoms with E-state index in [1.54, 1.807) is 0 Å². The molecular formula is C12H24N2O3. The number of nitrogens with one attached hydrogen (secondary N) is 2. The fourth-order valence-electron chi connectivity index (χ4n) is 1.67. The van der Waals surface area contributed by atoms with Gasteiger partial charge in [-0.1, -0.05) is 33.6 Å². The third-order valence-corrected chi connectivity index (χ3v) is 3.08. The zero-order valence-corrected chi connectivity index (χ0v) is 11.0. The molecule has 0 aliphatic heterocycles. The molecule has 2 amide bonds. The Morgan fingerprint density at radius 3 is 2.53 bits per heavy atom. The van der Waals surface area contributed by atoms with Gasteiger partial charge in [-0.25, -0.2) is 10.3 Å². The number of hydrogen-bond acceptors (Lipinski definition) is 3. The maximum absolute atomic E-state index is 11.4. The van der Waals surface area contributed by atoms with Gasteiger partial charge in [0, 0.05) is 6.54 Å². The lowest BCUT2D eigenvalue weighted by molar-refractivity contribution is -0.00170. The second kappa shape index (κ2) is 6.21. The summed E-state index contributed by atoms with van der Waals surface area (Å²) in [5, 5.41) is 12.3. The molecule has 1 saturated carbocycles. The summed E-state index contributed by atoms with van der Waals surface area (Å²) in [6, 6.07) is -0.389. The molecule has 1 rings (SSSR count). The fraction of sp³-hybridized carbons (Fsp3) is 0.917. The molecule has 0 aromatic rings. The zero-order chi connectivity index (χ0) is 12.9. The monoisotopic (exact) mass is 244 g/mol. The molecule has 0 aromatic carbocycles. The summed E-state index contributed by atoms with van der Waals surface area (Å²) < 4.78 is 0. The smallest absolute Gasteiger partial charge is 0.338 e. The number of rotatable bonds is 4. The van der Waals surface area contributed by atoms with Crippen LogP contribution in [0.4, 0.5) is 4.79 Å². The largest absolute Gasteiger partial charge is 0.391 e. The first kappa shape index (κ1) is 14.3. The average molecular weight is 244 g/mol. The van der Waals surface area contributed by atoms with Gasteiger partial charge in [0.05, 0.1) is 12.2 Å². The maximum atomic E-state index is 11.4. The lowest BCUT2D eigenvalue weighted by atomic mass is 9.89. The van der Waals surface area contributed by atoms with Crippen molar-refractivity contribution in [2.24, 2.45) is 5.41 Å². The van der Waals surface area contributed by atoms with Crippen molar-refractivity contribution in [3.8, 4) is 0 Å². The molecule has 3 N–H and O–H groups in total. The van der Waals surface area contributed by atoms with Crippen molar-refractivity contribution in [2.75, 3.05) is 6.54 Å². The maximum Gasteiger partial charge on any atom is 0.338 e. The van der Waals surface area contributed by atoms with Crippen molar-refractivity contribution >= 4 is 6.03 Å². The van der Waals surface area contributed by atoms with Crippen LogP contribution in [0, 0.1) is 5.41 Å². The molecule has 17 heavy (non-hydrogen) atoms. The highest BCUT2D eigenvalue weighted by Crippen LogP contribution is 2.20. The Morgan fingerprint density at radius 2 is 2.00 bits per heavy atom. The Balaban J connectivity index is 2.12. The van der Waals surface area contributed by atoms with Gasteiger partial charge in [-0.2, -0.15) is 0 Å². The molecule has 0 heterocycles. The van der Waals surface area contributed by atoms with Crippen LogP contribution in [-0.2, 0) is 4.84 Å². The highest BCUT2D eigenvalue weighted by atomic mass is 16.7. The lowest BCUT2D eigenvalue weighted by Gasteiger charge is -2.25. The molecule has 100 valence electrons. The second-order valence-electron chi connectivity index (χ2n) is 5.72. The molecule has 1 atom stereocenters. The number of amides is 2. The van der Waals surface area contributed by atoms with E-state index >= 15 is 0 Å². The van der Waals surface area contributed by atoms with Gasteiger partial charge in [0.25, 0.3) is 0 Å². The van der Waals surface area contributed by atoms with Crippen LogP contribution in [0.5, 0.6) is 0 Å². The molecule has 1 unspecified atom stereocenters. The van der Waals surface area contributed by atoms with Gasteiger partial charge in [0.2, 0.25) is 0 Å². The van der Waals surface area contributed by atoms with E-state index in [0.717, 1.165) is 25.7 Å². The summed E-state index contributed by atoms with van der Waals surface area (Å²) in [5.74, 6) is 0. The minimum atomic E-state index is -0.570. The summed E-state index contributed by atoms with van der Waals surface area (Å²) >= 11 is 0. The number of carbonyl (C=O) groups excluding carboxylic acids is 1. The van der Waals surface area contributed by atoms with Crippen LogP contribution in [0.15, 0.2) is 0 Å². The van der Waals surface area contributed by atoms with Crippen LogP contribution in [0.2, 0.25) is 0 Å². The molecular weight excluding hydrogens is 220 g/mol. The second-order valence-corrected chi connectivity index (χ2v) is 5.72. The summed E-state index contributed by atoms with van der Waals surface area (Å²) in [6.07, 6.45) is 3.91. The molecule has 0 spiro atoms. The number of aliphatic hydroxyl groups excluding tert-OH is 1. The molecule has 1 aliphatic carbocycles. The van der Waals surface area contributed by atoms with Crippen molar-refractivity contribution in [3.63, 3.8) is 0 Å². The van der Waals surface area contributed by atoms with Crippen LogP contribution in [0.3, 0.4) is 0 Å². The predicted octanol–water partition coefficient (Wildman–Crippen LogP) is 1.57. The Hall–Kier alpha value is -0.810. The van der Waals surface area contributed by atoms with Gasteiger partial charge in [-0.05, 0) is 18.3 Å². The Morgan fingerprint density at radius 1 is 1.41 bits per heavy atom.